The number of aliphatic hydroxyl groups is 1. The molecule has 3 saturated heterocycles. The van der Waals surface area contributed by atoms with Crippen molar-refractivity contribution in [3.63, 3.8) is 0 Å². The minimum absolute atomic E-state index is 0.0852. The van der Waals surface area contributed by atoms with E-state index in [-0.39, 0.29) is 18.9 Å². The predicted octanol–water partition coefficient (Wildman–Crippen LogP) is 6.03. The molecule has 278 valence electrons. The number of esters is 1. The fourth-order valence-corrected chi connectivity index (χ4v) is 8.80. The summed E-state index contributed by atoms with van der Waals surface area (Å²) in [7, 11) is 0. The van der Waals surface area contributed by atoms with Crippen LogP contribution in [-0.4, -0.2) is 70.6 Å². The number of fused-ring (bicyclic) bond motifs is 1. The number of aliphatic hydroxyl groups excluding tert-OH is 1. The van der Waals surface area contributed by atoms with Crippen molar-refractivity contribution in [1.82, 2.24) is 10.2 Å². The average molecular weight is 740 g/mol. The first-order valence-corrected chi connectivity index (χ1v) is 18.4. The molecule has 0 radical (unpaired) electrons. The number of carbonyl (C=O) groups excluding carboxylic acids is 4. The lowest BCUT2D eigenvalue weighted by molar-refractivity contribution is -0.162. The van der Waals surface area contributed by atoms with Crippen LogP contribution in [0.5, 0.6) is 0 Å². The number of hydrogen-bond donors (Lipinski definition) is 2. The third kappa shape index (κ3) is 7.03. The van der Waals surface area contributed by atoms with Crippen molar-refractivity contribution in [3.8, 4) is 0 Å². The van der Waals surface area contributed by atoms with Crippen molar-refractivity contribution in [2.75, 3.05) is 18.1 Å². The number of amides is 3. The largest absolute Gasteiger partial charge is 0.455 e. The summed E-state index contributed by atoms with van der Waals surface area (Å²) in [6, 6.07) is 20.7. The van der Waals surface area contributed by atoms with Crippen LogP contribution < -0.4 is 10.2 Å². The Morgan fingerprint density at radius 2 is 1.74 bits per heavy atom. The van der Waals surface area contributed by atoms with Gasteiger partial charge in [0.2, 0.25) is 11.8 Å². The zero-order valence-electron chi connectivity index (χ0n) is 30.0. The maximum absolute atomic E-state index is 15.2. The van der Waals surface area contributed by atoms with Crippen molar-refractivity contribution in [3.05, 3.63) is 126 Å². The first kappa shape index (κ1) is 38.0. The van der Waals surface area contributed by atoms with E-state index in [1.807, 2.05) is 49.4 Å². The van der Waals surface area contributed by atoms with Gasteiger partial charge in [0.25, 0.3) is 5.91 Å². The van der Waals surface area contributed by atoms with E-state index in [1.54, 1.807) is 55.5 Å². The maximum Gasteiger partial charge on any atom is 0.313 e. The number of likely N-dealkylation sites (tertiary alicyclic amines) is 1. The molecule has 2 N–H and O–H groups in total. The lowest BCUT2D eigenvalue weighted by atomic mass is 9.70. The van der Waals surface area contributed by atoms with Gasteiger partial charge in [0, 0.05) is 13.0 Å². The molecule has 3 aliphatic rings. The third-order valence-electron chi connectivity index (χ3n) is 10.8. The van der Waals surface area contributed by atoms with E-state index < -0.39 is 72.2 Å². The van der Waals surface area contributed by atoms with Gasteiger partial charge in [-0.2, -0.15) is 0 Å². The van der Waals surface area contributed by atoms with Gasteiger partial charge in [0.05, 0.1) is 47.3 Å². The van der Waals surface area contributed by atoms with Gasteiger partial charge in [0.1, 0.15) is 17.7 Å². The van der Waals surface area contributed by atoms with Gasteiger partial charge < -0.3 is 29.7 Å². The molecular formula is C42H46ClN3O7. The molecule has 0 aromatic heterocycles. The summed E-state index contributed by atoms with van der Waals surface area (Å²) in [6.07, 6.45) is 3.15. The van der Waals surface area contributed by atoms with E-state index in [9.17, 15) is 14.7 Å². The van der Waals surface area contributed by atoms with Gasteiger partial charge in [0.15, 0.2) is 0 Å². The van der Waals surface area contributed by atoms with Crippen LogP contribution in [-0.2, 0) is 28.7 Å². The van der Waals surface area contributed by atoms with Crippen LogP contribution in [0.25, 0.3) is 0 Å². The normalized spacial score (nSPS) is 24.5. The second-order valence-corrected chi connectivity index (χ2v) is 14.4. The molecular weight excluding hydrogens is 694 g/mol. The second-order valence-electron chi connectivity index (χ2n) is 14.0. The van der Waals surface area contributed by atoms with E-state index in [0.29, 0.717) is 41.1 Å². The van der Waals surface area contributed by atoms with E-state index >= 15 is 9.59 Å². The van der Waals surface area contributed by atoms with E-state index in [2.05, 4.69) is 18.5 Å². The number of anilines is 1. The monoisotopic (exact) mass is 739 g/mol. The number of allylic oxidation sites excluding steroid dienone is 1. The van der Waals surface area contributed by atoms with Crippen LogP contribution in [0.15, 0.2) is 104 Å². The van der Waals surface area contributed by atoms with E-state index in [0.717, 1.165) is 5.56 Å². The second kappa shape index (κ2) is 16.1. The standard InChI is InChI=1S/C42H46ClN3O7/c1-5-7-21-33(48)44-27(4)37(29-18-12-9-13-19-29)52-41(51)34-32-22-23-42(53-32)35(34)39(49)46(31(25-47)28-16-10-8-11-17-28)38(42)40(50)45(24-6-2)36-26(3)15-14-20-30(36)43/h5-6,8-20,27,31-32,34-35,37-38,47H,1-2,7,21-25H2,3-4H3,(H,44,48)/t27-,31-,32-,34+,35+,37-,38-,42+/m1/s1. The average Bonchev–Trinajstić information content (AvgIpc) is 3.81. The van der Waals surface area contributed by atoms with Crippen LogP contribution in [0, 0.1) is 18.8 Å². The van der Waals surface area contributed by atoms with Crippen LogP contribution in [0.4, 0.5) is 5.69 Å². The van der Waals surface area contributed by atoms with Gasteiger partial charge in [-0.1, -0.05) is 96.5 Å². The first-order chi connectivity index (χ1) is 25.6. The zero-order valence-corrected chi connectivity index (χ0v) is 30.8. The molecule has 2 bridgehead atoms. The number of carbonyl (C=O) groups is 4. The lowest BCUT2D eigenvalue weighted by Crippen LogP contribution is -2.57. The molecule has 10 nitrogen and oxygen atoms in total. The molecule has 3 heterocycles. The van der Waals surface area contributed by atoms with Crippen molar-refractivity contribution < 1.29 is 33.8 Å². The number of para-hydroxylation sites is 1. The number of hydrogen-bond acceptors (Lipinski definition) is 7. The molecule has 3 amide bonds. The van der Waals surface area contributed by atoms with Gasteiger partial charge in [-0.15, -0.1) is 13.2 Å². The predicted molar refractivity (Wildman–Crippen MR) is 202 cm³/mol. The maximum atomic E-state index is 15.2. The Labute approximate surface area is 315 Å². The highest BCUT2D eigenvalue weighted by Gasteiger charge is 2.76. The summed E-state index contributed by atoms with van der Waals surface area (Å²) in [5, 5.41) is 14.2. The van der Waals surface area contributed by atoms with Crippen molar-refractivity contribution in [2.24, 2.45) is 11.8 Å². The smallest absolute Gasteiger partial charge is 0.313 e. The number of nitrogens with zero attached hydrogens (tertiary/aromatic N) is 2. The molecule has 1 spiro atoms. The molecule has 3 aromatic rings. The Morgan fingerprint density at radius 3 is 2.36 bits per heavy atom. The molecule has 8 atom stereocenters. The molecule has 0 saturated carbocycles. The SMILES string of the molecule is C=CCCC(=O)N[C@H](C)[C@@H](OC(=O)[C@@H]1[C@H]2C(=O)N([C@H](CO)c3ccccc3)[C@H](C(=O)N(CC=C)c3c(C)cccc3Cl)[C@]23CC[C@H]1O3)c1ccccc1. The van der Waals surface area contributed by atoms with Crippen molar-refractivity contribution >= 4 is 41.0 Å². The van der Waals surface area contributed by atoms with Crippen molar-refractivity contribution in [1.29, 1.82) is 0 Å². The molecule has 3 aromatic carbocycles. The minimum atomic E-state index is -1.40. The first-order valence-electron chi connectivity index (χ1n) is 18.1. The number of ether oxygens (including phenoxy) is 2. The Morgan fingerprint density at radius 1 is 1.06 bits per heavy atom. The number of benzene rings is 3. The lowest BCUT2D eigenvalue weighted by Gasteiger charge is -2.39. The summed E-state index contributed by atoms with van der Waals surface area (Å²) in [4.78, 5) is 60.4. The quantitative estimate of drug-likeness (QED) is 0.144. The van der Waals surface area contributed by atoms with Gasteiger partial charge in [-0.25, -0.2) is 0 Å². The summed E-state index contributed by atoms with van der Waals surface area (Å²) < 4.78 is 13.0. The molecule has 53 heavy (non-hydrogen) atoms. The Bertz CT molecular complexity index is 1840. The molecule has 3 fully saturated rings. The Kier molecular flexibility index (Phi) is 11.5. The molecule has 11 heteroatoms. The van der Waals surface area contributed by atoms with Crippen molar-refractivity contribution in [2.45, 2.75) is 75.5 Å². The van der Waals surface area contributed by atoms with Gasteiger partial charge >= 0.3 is 5.97 Å². The summed E-state index contributed by atoms with van der Waals surface area (Å²) in [5.74, 6) is -3.93. The number of nitrogens with one attached hydrogen (secondary N) is 1. The van der Waals surface area contributed by atoms with E-state index in [4.69, 9.17) is 21.1 Å². The highest BCUT2D eigenvalue weighted by atomic mass is 35.5. The van der Waals surface area contributed by atoms with E-state index in [1.165, 1.54) is 9.80 Å². The van der Waals surface area contributed by atoms with Crippen LogP contribution in [0.3, 0.4) is 0 Å². The fraction of sp³-hybridized carbons (Fsp3) is 0.381. The van der Waals surface area contributed by atoms with Crippen LogP contribution in [0.2, 0.25) is 5.02 Å². The summed E-state index contributed by atoms with van der Waals surface area (Å²) in [5.41, 5.74) is 1.12. The number of aryl methyl sites for hydroxylation is 1. The Hall–Kier alpha value is -4.77. The van der Waals surface area contributed by atoms with Crippen LogP contribution >= 0.6 is 11.6 Å². The molecule has 3 aliphatic heterocycles. The minimum Gasteiger partial charge on any atom is -0.455 e. The highest BCUT2D eigenvalue weighted by Crippen LogP contribution is 2.60. The topological polar surface area (TPSA) is 125 Å². The highest BCUT2D eigenvalue weighted by molar-refractivity contribution is 6.34. The van der Waals surface area contributed by atoms with Gasteiger partial charge in [-0.3, -0.25) is 19.2 Å². The molecule has 0 aliphatic carbocycles. The van der Waals surface area contributed by atoms with Crippen LogP contribution in [0.1, 0.15) is 61.4 Å². The summed E-state index contributed by atoms with van der Waals surface area (Å²) >= 11 is 6.72. The molecule has 6 rings (SSSR count). The van der Waals surface area contributed by atoms with Gasteiger partial charge in [-0.05, 0) is 55.9 Å². The number of halogens is 1. The Balaban J connectivity index is 1.41. The molecule has 0 unspecified atom stereocenters. The fourth-order valence-electron chi connectivity index (χ4n) is 8.48. The number of rotatable bonds is 15. The third-order valence-corrected chi connectivity index (χ3v) is 11.1. The summed E-state index contributed by atoms with van der Waals surface area (Å²) in [6.45, 7) is 10.8. The zero-order chi connectivity index (χ0) is 37.9.